The van der Waals surface area contributed by atoms with Crippen LogP contribution in [0.15, 0.2) is 364 Å². The molecule has 0 amide bonds. The molecule has 0 unspecified atom stereocenters. The van der Waals surface area contributed by atoms with Gasteiger partial charge in [0.25, 0.3) is 0 Å². The Balaban J connectivity index is 1.15. The van der Waals surface area contributed by atoms with Crippen molar-refractivity contribution >= 4 is 125 Å². The quantitative estimate of drug-likeness (QED) is 0.0529. The van der Waals surface area contributed by atoms with E-state index in [0.717, 1.165) is 0 Å². The second-order valence-electron chi connectivity index (χ2n) is 23.5. The van der Waals surface area contributed by atoms with Crippen LogP contribution in [0.2, 0.25) is 41.9 Å². The number of hydrogen-bond acceptors (Lipinski definition) is 0. The van der Waals surface area contributed by atoms with Gasteiger partial charge in [-0.05, 0) is 0 Å². The predicted octanol–water partition coefficient (Wildman–Crippen LogP) is 12.1. The summed E-state index contributed by atoms with van der Waals surface area (Å²) in [4.78, 5) is 0. The molecule has 0 spiro atoms. The Labute approximate surface area is 524 Å². The van der Waals surface area contributed by atoms with Crippen molar-refractivity contribution in [1.29, 1.82) is 0 Å². The molecule has 85 heavy (non-hydrogen) atoms. The van der Waals surface area contributed by atoms with Crippen LogP contribution in [-0.2, 0) is 0 Å². The SMILES string of the molecule is c1cc[c]([Sn]([CH2]C[Si](C[CH2][Sn]([c]2ccccc2)([c]2ccccc2)[c]2ccccc2)(C[CH2][Sn]([c]2ccccc2)([c]2ccccc2)[c]2ccccc2)C[CH2][Sn]([c]2ccccc2)([c]2ccccc2)[c]2ccccc2)([c]2ccccc2)[c]2ccccc2)cc1. The zero-order chi connectivity index (χ0) is 57.5. The van der Waals surface area contributed by atoms with E-state index < -0.39 is 81.6 Å². The molecule has 12 aromatic rings. The topological polar surface area (TPSA) is 0 Å². The van der Waals surface area contributed by atoms with Crippen molar-refractivity contribution in [3.8, 4) is 0 Å². The summed E-state index contributed by atoms with van der Waals surface area (Å²) in [7, 11) is -2.62. The summed E-state index contributed by atoms with van der Waals surface area (Å²) in [5, 5.41) is 0. The maximum atomic E-state index is 2.53. The first kappa shape index (κ1) is 59.4. The van der Waals surface area contributed by atoms with Crippen LogP contribution < -0.4 is 43.0 Å². The van der Waals surface area contributed by atoms with Crippen molar-refractivity contribution in [3.63, 3.8) is 0 Å². The summed E-state index contributed by atoms with van der Waals surface area (Å²) in [5.74, 6) is 0. The normalized spacial score (nSPS) is 12.1. The van der Waals surface area contributed by atoms with Crippen LogP contribution in [0.5, 0.6) is 0 Å². The van der Waals surface area contributed by atoms with Gasteiger partial charge >= 0.3 is 530 Å². The summed E-state index contributed by atoms with van der Waals surface area (Å²) in [5.41, 5.74) is 0. The van der Waals surface area contributed by atoms with Gasteiger partial charge in [0.2, 0.25) is 0 Å². The van der Waals surface area contributed by atoms with E-state index in [4.69, 9.17) is 0 Å². The van der Waals surface area contributed by atoms with E-state index in [1.165, 1.54) is 41.9 Å². The summed E-state index contributed by atoms with van der Waals surface area (Å²) in [6, 6.07) is 149. The molecule has 0 saturated carbocycles. The second kappa shape index (κ2) is 28.3. The van der Waals surface area contributed by atoms with Crippen LogP contribution in [0.25, 0.3) is 0 Å². The van der Waals surface area contributed by atoms with Gasteiger partial charge in [0.1, 0.15) is 0 Å². The second-order valence-corrected chi connectivity index (χ2v) is 74.7. The Morgan fingerprint density at radius 2 is 0.235 bits per heavy atom. The van der Waals surface area contributed by atoms with E-state index in [1.807, 2.05) is 0 Å². The van der Waals surface area contributed by atoms with Crippen molar-refractivity contribution in [2.75, 3.05) is 0 Å². The molecule has 0 fully saturated rings. The van der Waals surface area contributed by atoms with E-state index in [9.17, 15) is 0 Å². The first-order valence-electron chi connectivity index (χ1n) is 30.8. The molecule has 0 N–H and O–H groups in total. The Morgan fingerprint density at radius 3 is 0.329 bits per heavy atom. The molecule has 416 valence electrons. The fourth-order valence-corrected chi connectivity index (χ4v) is 98.5. The molecular weight excluding hydrogens is 1460 g/mol. The fraction of sp³-hybridized carbons (Fsp3) is 0.100. The average Bonchev–Trinajstić information content (AvgIpc) is 2.08. The van der Waals surface area contributed by atoms with Crippen molar-refractivity contribution < 1.29 is 0 Å². The summed E-state index contributed by atoms with van der Waals surface area (Å²) < 4.78 is 23.9. The summed E-state index contributed by atoms with van der Waals surface area (Å²) >= 11 is -15.8. The third kappa shape index (κ3) is 12.5. The van der Waals surface area contributed by atoms with Gasteiger partial charge in [0.15, 0.2) is 0 Å². The van der Waals surface area contributed by atoms with Gasteiger partial charge < -0.3 is 0 Å². The van der Waals surface area contributed by atoms with Crippen LogP contribution in [0, 0.1) is 0 Å². The number of benzene rings is 12. The van der Waals surface area contributed by atoms with Gasteiger partial charge in [-0.25, -0.2) is 0 Å². The zero-order valence-corrected chi connectivity index (χ0v) is 61.2. The molecule has 0 heterocycles. The van der Waals surface area contributed by atoms with Gasteiger partial charge in [-0.1, -0.05) is 0 Å². The van der Waals surface area contributed by atoms with Crippen molar-refractivity contribution in [3.05, 3.63) is 364 Å². The molecule has 0 atom stereocenters. The molecule has 0 bridgehead atoms. The number of rotatable bonds is 24. The van der Waals surface area contributed by atoms with E-state index in [1.54, 1.807) is 43.0 Å². The van der Waals surface area contributed by atoms with Gasteiger partial charge in [0, 0.05) is 0 Å². The Hall–Kier alpha value is -5.95. The predicted molar refractivity (Wildman–Crippen MR) is 380 cm³/mol. The molecule has 0 aliphatic heterocycles. The van der Waals surface area contributed by atoms with Crippen LogP contribution in [-0.4, -0.2) is 81.6 Å². The van der Waals surface area contributed by atoms with E-state index >= 15 is 0 Å². The minimum atomic E-state index is -3.95. The summed E-state index contributed by atoms with van der Waals surface area (Å²) in [6.07, 6.45) is 0. The minimum absolute atomic E-state index is 1.22. The molecule has 0 aromatic heterocycles. The third-order valence-electron chi connectivity index (χ3n) is 19.3. The first-order chi connectivity index (χ1) is 42.1. The third-order valence-corrected chi connectivity index (χ3v) is 86.9. The van der Waals surface area contributed by atoms with E-state index in [2.05, 4.69) is 364 Å². The van der Waals surface area contributed by atoms with Gasteiger partial charge in [-0.2, -0.15) is 0 Å². The van der Waals surface area contributed by atoms with Crippen LogP contribution in [0.3, 0.4) is 0 Å². The average molecular weight is 1540 g/mol. The van der Waals surface area contributed by atoms with Gasteiger partial charge in [-0.3, -0.25) is 0 Å². The van der Waals surface area contributed by atoms with Crippen LogP contribution in [0.4, 0.5) is 0 Å². The van der Waals surface area contributed by atoms with Crippen molar-refractivity contribution in [1.82, 2.24) is 0 Å². The Kier molecular flexibility index (Phi) is 19.7. The number of hydrogen-bond donors (Lipinski definition) is 0. The fourth-order valence-electron chi connectivity index (χ4n) is 15.0. The van der Waals surface area contributed by atoms with Gasteiger partial charge in [-0.15, -0.1) is 0 Å². The Morgan fingerprint density at radius 1 is 0.141 bits per heavy atom. The van der Waals surface area contributed by atoms with Crippen molar-refractivity contribution in [2.24, 2.45) is 0 Å². The monoisotopic (exact) mass is 1540 g/mol. The van der Waals surface area contributed by atoms with E-state index in [0.29, 0.717) is 0 Å². The standard InChI is InChI=1S/C8H16Si.12C6H5.4Sn/c1-5-9(6-2,7-3)8-4;12*1-2-4-6-5-3-1;;;;/h1-8H2;12*1-5H;;;;. The molecule has 0 radical (unpaired) electrons. The zero-order valence-electron chi connectivity index (χ0n) is 48.8. The van der Waals surface area contributed by atoms with Crippen LogP contribution >= 0.6 is 0 Å². The van der Waals surface area contributed by atoms with Gasteiger partial charge in [0.05, 0.1) is 0 Å². The summed E-state index contributed by atoms with van der Waals surface area (Å²) in [6.45, 7) is 0. The molecule has 0 nitrogen and oxygen atoms in total. The first-order valence-corrected chi connectivity index (χ1v) is 58.8. The molecule has 0 aliphatic rings. The molecular formula is C80H76SiSn4. The van der Waals surface area contributed by atoms with E-state index in [-0.39, 0.29) is 0 Å². The molecule has 0 aliphatic carbocycles. The Bertz CT molecular complexity index is 2990. The van der Waals surface area contributed by atoms with Crippen molar-refractivity contribution in [2.45, 2.75) is 41.9 Å². The molecule has 0 saturated heterocycles. The molecule has 5 heteroatoms. The maximum absolute atomic E-state index is 3.95. The molecule has 12 rings (SSSR count). The van der Waals surface area contributed by atoms with Crippen LogP contribution in [0.1, 0.15) is 0 Å². The molecule has 12 aromatic carbocycles.